The fourth-order valence-corrected chi connectivity index (χ4v) is 4.25. The third kappa shape index (κ3) is 7.51. The summed E-state index contributed by atoms with van der Waals surface area (Å²) >= 11 is 11.5. The summed E-state index contributed by atoms with van der Waals surface area (Å²) in [4.78, 5) is 12.2. The molecule has 0 saturated heterocycles. The first-order chi connectivity index (χ1) is 16.3. The van der Waals surface area contributed by atoms with E-state index in [-0.39, 0.29) is 17.3 Å². The smallest absolute Gasteiger partial charge is 0.418 e. The largest absolute Gasteiger partial charge is 0.484 e. The molecule has 3 aromatic carbocycles. The van der Waals surface area contributed by atoms with Crippen LogP contribution in [0.3, 0.4) is 0 Å². The monoisotopic (exact) mass is 546 g/mol. The minimum atomic E-state index is -4.71. The van der Waals surface area contributed by atoms with Crippen molar-refractivity contribution < 1.29 is 31.1 Å². The van der Waals surface area contributed by atoms with E-state index in [9.17, 15) is 26.4 Å². The van der Waals surface area contributed by atoms with E-state index < -0.39 is 40.0 Å². The molecule has 0 aliphatic rings. The number of anilines is 2. The van der Waals surface area contributed by atoms with Gasteiger partial charge in [-0.3, -0.25) is 9.10 Å². The maximum atomic E-state index is 13.2. The molecule has 0 heterocycles. The Morgan fingerprint density at radius 2 is 1.57 bits per heavy atom. The molecule has 0 radical (unpaired) electrons. The fraction of sp³-hybridized carbons (Fsp3) is 0.174. The molecule has 0 unspecified atom stereocenters. The number of hydrogen-bond donors (Lipinski definition) is 1. The van der Waals surface area contributed by atoms with Crippen LogP contribution in [-0.2, 0) is 27.5 Å². The molecule has 0 aliphatic carbocycles. The van der Waals surface area contributed by atoms with Crippen molar-refractivity contribution in [2.24, 2.45) is 0 Å². The third-order valence-corrected chi connectivity index (χ3v) is 6.32. The average Bonchev–Trinajstić information content (AvgIpc) is 2.77. The number of sulfonamides is 1. The van der Waals surface area contributed by atoms with Crippen LogP contribution in [-0.4, -0.2) is 27.2 Å². The maximum Gasteiger partial charge on any atom is 0.418 e. The number of benzene rings is 3. The second kappa shape index (κ2) is 10.8. The predicted molar refractivity (Wildman–Crippen MR) is 129 cm³/mol. The van der Waals surface area contributed by atoms with Crippen LogP contribution in [0, 0.1) is 0 Å². The molecule has 12 heteroatoms. The number of alkyl halides is 3. The first kappa shape index (κ1) is 26.7. The van der Waals surface area contributed by atoms with Crippen molar-refractivity contribution in [3.63, 3.8) is 0 Å². The summed E-state index contributed by atoms with van der Waals surface area (Å²) in [6.07, 6.45) is -3.63. The van der Waals surface area contributed by atoms with E-state index in [1.807, 2.05) is 0 Å². The Kier molecular flexibility index (Phi) is 8.19. The van der Waals surface area contributed by atoms with Gasteiger partial charge in [-0.2, -0.15) is 13.2 Å². The van der Waals surface area contributed by atoms with E-state index in [4.69, 9.17) is 27.9 Å². The molecular weight excluding hydrogens is 528 g/mol. The molecule has 1 N–H and O–H groups in total. The average molecular weight is 547 g/mol. The number of carbonyl (C=O) groups is 1. The van der Waals surface area contributed by atoms with Crippen LogP contribution in [0.15, 0.2) is 66.7 Å². The lowest BCUT2D eigenvalue weighted by molar-refractivity contribution is -0.137. The Hall–Kier alpha value is -2.95. The summed E-state index contributed by atoms with van der Waals surface area (Å²) in [6, 6.07) is 15.6. The van der Waals surface area contributed by atoms with Gasteiger partial charge in [0, 0.05) is 10.0 Å². The van der Waals surface area contributed by atoms with Gasteiger partial charge in [0.05, 0.1) is 29.7 Å². The topological polar surface area (TPSA) is 75.7 Å². The summed E-state index contributed by atoms with van der Waals surface area (Å²) < 4.78 is 70.7. The van der Waals surface area contributed by atoms with Crippen LogP contribution in [0.25, 0.3) is 0 Å². The van der Waals surface area contributed by atoms with Crippen molar-refractivity contribution in [1.29, 1.82) is 0 Å². The lowest BCUT2D eigenvalue weighted by atomic mass is 10.1. The van der Waals surface area contributed by atoms with Crippen LogP contribution < -0.4 is 14.4 Å². The Bertz CT molecular complexity index is 1300. The second-order valence-electron chi connectivity index (χ2n) is 7.41. The number of ether oxygens (including phenoxy) is 1. The number of halogens is 5. The molecule has 0 saturated carbocycles. The Morgan fingerprint density at radius 3 is 2.14 bits per heavy atom. The highest BCUT2D eigenvalue weighted by Gasteiger charge is 2.34. The van der Waals surface area contributed by atoms with Gasteiger partial charge >= 0.3 is 6.18 Å². The highest BCUT2D eigenvalue weighted by Crippen LogP contribution is 2.36. The van der Waals surface area contributed by atoms with Crippen molar-refractivity contribution in [1.82, 2.24) is 0 Å². The van der Waals surface area contributed by atoms with Crippen LogP contribution >= 0.6 is 23.2 Å². The van der Waals surface area contributed by atoms with E-state index in [1.165, 1.54) is 34.6 Å². The van der Waals surface area contributed by atoms with Crippen LogP contribution in [0.4, 0.5) is 24.5 Å². The SMILES string of the molecule is CS(=O)(=O)N(Cc1ccc(Cl)cc1)c1ccc(OCC(=O)Nc2ccc(Cl)cc2C(F)(F)F)cc1. The van der Waals surface area contributed by atoms with E-state index in [1.54, 1.807) is 24.3 Å². The number of nitrogens with one attached hydrogen (secondary N) is 1. The first-order valence-corrected chi connectivity index (χ1v) is 12.5. The summed E-state index contributed by atoms with van der Waals surface area (Å²) in [7, 11) is -3.62. The number of amides is 1. The summed E-state index contributed by atoms with van der Waals surface area (Å²) in [5.74, 6) is -0.599. The molecule has 0 bridgehead atoms. The fourth-order valence-electron chi connectivity index (χ4n) is 3.06. The van der Waals surface area contributed by atoms with E-state index in [2.05, 4.69) is 5.32 Å². The molecule has 0 spiro atoms. The minimum absolute atomic E-state index is 0.0707. The normalized spacial score (nSPS) is 11.7. The van der Waals surface area contributed by atoms with E-state index in [0.717, 1.165) is 17.9 Å². The van der Waals surface area contributed by atoms with Crippen molar-refractivity contribution in [3.8, 4) is 5.75 Å². The molecule has 6 nitrogen and oxygen atoms in total. The molecule has 35 heavy (non-hydrogen) atoms. The van der Waals surface area contributed by atoms with Crippen LogP contribution in [0.2, 0.25) is 10.0 Å². The molecular formula is C23H19Cl2F3N2O4S. The number of carbonyl (C=O) groups excluding carboxylic acids is 1. The van der Waals surface area contributed by atoms with Crippen LogP contribution in [0.1, 0.15) is 11.1 Å². The molecule has 1 amide bonds. The Morgan fingerprint density at radius 1 is 0.971 bits per heavy atom. The summed E-state index contributed by atoms with van der Waals surface area (Å²) in [6.45, 7) is -0.499. The number of hydrogen-bond acceptors (Lipinski definition) is 4. The zero-order valence-corrected chi connectivity index (χ0v) is 20.5. The first-order valence-electron chi connectivity index (χ1n) is 9.94. The molecule has 186 valence electrons. The summed E-state index contributed by atoms with van der Waals surface area (Å²) in [5.41, 5.74) is -0.450. The van der Waals surface area contributed by atoms with E-state index in [0.29, 0.717) is 16.8 Å². The third-order valence-electron chi connectivity index (χ3n) is 4.70. The quantitative estimate of drug-likeness (QED) is 0.376. The van der Waals surface area contributed by atoms with Gasteiger partial charge in [0.2, 0.25) is 10.0 Å². The molecule has 0 aliphatic heterocycles. The van der Waals surface area contributed by atoms with Crippen molar-refractivity contribution in [2.75, 3.05) is 22.5 Å². The molecule has 0 fully saturated rings. The van der Waals surface area contributed by atoms with Gasteiger partial charge < -0.3 is 10.1 Å². The van der Waals surface area contributed by atoms with Crippen molar-refractivity contribution in [2.45, 2.75) is 12.7 Å². The summed E-state index contributed by atoms with van der Waals surface area (Å²) in [5, 5.41) is 2.56. The van der Waals surface area contributed by atoms with Gasteiger partial charge in [-0.1, -0.05) is 35.3 Å². The Balaban J connectivity index is 1.67. The zero-order chi connectivity index (χ0) is 25.8. The van der Waals surface area contributed by atoms with Gasteiger partial charge in [-0.15, -0.1) is 0 Å². The molecule has 0 aromatic heterocycles. The van der Waals surface area contributed by atoms with Gasteiger partial charge in [-0.05, 0) is 60.2 Å². The molecule has 3 aromatic rings. The second-order valence-corrected chi connectivity index (χ2v) is 10.2. The highest BCUT2D eigenvalue weighted by atomic mass is 35.5. The van der Waals surface area contributed by atoms with Crippen molar-refractivity contribution in [3.05, 3.63) is 87.9 Å². The van der Waals surface area contributed by atoms with Crippen LogP contribution in [0.5, 0.6) is 5.75 Å². The number of nitrogens with zero attached hydrogens (tertiary/aromatic N) is 1. The van der Waals surface area contributed by atoms with Gasteiger partial charge in [0.25, 0.3) is 5.91 Å². The van der Waals surface area contributed by atoms with Gasteiger partial charge in [0.15, 0.2) is 6.61 Å². The lowest BCUT2D eigenvalue weighted by Gasteiger charge is -2.23. The van der Waals surface area contributed by atoms with Gasteiger partial charge in [0.1, 0.15) is 5.75 Å². The van der Waals surface area contributed by atoms with Gasteiger partial charge in [-0.25, -0.2) is 8.42 Å². The Labute approximate surface area is 210 Å². The minimum Gasteiger partial charge on any atom is -0.484 e. The molecule has 3 rings (SSSR count). The maximum absolute atomic E-state index is 13.2. The predicted octanol–water partition coefficient (Wildman–Crippen LogP) is 6.00. The standard InChI is InChI=1S/C23H19Cl2F3N2O4S/c1-35(32,33)30(13-15-2-4-16(24)5-3-15)18-7-9-19(10-8-18)34-14-22(31)29-21-11-6-17(25)12-20(21)23(26,27)28/h2-12H,13-14H2,1H3,(H,29,31). The highest BCUT2D eigenvalue weighted by molar-refractivity contribution is 7.92. The van der Waals surface area contributed by atoms with Crippen molar-refractivity contribution >= 4 is 50.5 Å². The lowest BCUT2D eigenvalue weighted by Crippen LogP contribution is -2.29. The molecule has 0 atom stereocenters. The van der Waals surface area contributed by atoms with E-state index >= 15 is 0 Å². The zero-order valence-electron chi connectivity index (χ0n) is 18.1. The number of rotatable bonds is 8.